The Hall–Kier alpha value is -0.850. The standard InChI is InChI=1S/C19H33N3O3.ClH/c1-13(10-17(23)25-2)21-6-8-22(9-7-21)19(24)16-11-14-4-3-5-15(12-16)18(14)20;/h13-16,18H,3-12,20H2,1-2H3;1H. The third kappa shape index (κ3) is 4.70. The maximum atomic E-state index is 13.0. The second kappa shape index (κ2) is 9.38. The molecule has 2 bridgehead atoms. The van der Waals surface area contributed by atoms with Crippen molar-refractivity contribution in [2.45, 2.75) is 57.5 Å². The Balaban J connectivity index is 0.00000243. The molecule has 3 rings (SSSR count). The van der Waals surface area contributed by atoms with Crippen molar-refractivity contribution >= 4 is 24.3 Å². The molecule has 3 fully saturated rings. The van der Waals surface area contributed by atoms with E-state index in [0.717, 1.165) is 39.0 Å². The number of esters is 1. The molecule has 1 amide bonds. The minimum Gasteiger partial charge on any atom is -0.469 e. The largest absolute Gasteiger partial charge is 0.469 e. The number of amides is 1. The van der Waals surface area contributed by atoms with E-state index in [1.54, 1.807) is 0 Å². The van der Waals surface area contributed by atoms with Gasteiger partial charge in [0.1, 0.15) is 0 Å². The van der Waals surface area contributed by atoms with Crippen molar-refractivity contribution in [3.8, 4) is 0 Å². The average Bonchev–Trinajstić information content (AvgIpc) is 2.61. The third-order valence-electron chi connectivity index (χ3n) is 6.70. The molecule has 0 aromatic carbocycles. The van der Waals surface area contributed by atoms with Crippen LogP contribution in [0.25, 0.3) is 0 Å². The summed E-state index contributed by atoms with van der Waals surface area (Å²) in [7, 11) is 1.43. The number of fused-ring (bicyclic) bond motifs is 2. The fourth-order valence-electron chi connectivity index (χ4n) is 5.09. The molecular weight excluding hydrogens is 354 g/mol. The number of carbonyl (C=O) groups excluding carboxylic acids is 2. The van der Waals surface area contributed by atoms with E-state index in [9.17, 15) is 9.59 Å². The van der Waals surface area contributed by atoms with Crippen LogP contribution in [-0.4, -0.2) is 67.0 Å². The molecule has 0 aromatic rings. The number of nitrogens with zero attached hydrogens (tertiary/aromatic N) is 2. The summed E-state index contributed by atoms with van der Waals surface area (Å²) in [5.74, 6) is 1.43. The Labute approximate surface area is 163 Å². The predicted octanol–water partition coefficient (Wildman–Crippen LogP) is 1.66. The predicted molar refractivity (Wildman–Crippen MR) is 103 cm³/mol. The number of hydrogen-bond donors (Lipinski definition) is 1. The van der Waals surface area contributed by atoms with Crippen molar-refractivity contribution in [3.05, 3.63) is 0 Å². The molecule has 3 unspecified atom stereocenters. The molecule has 1 heterocycles. The van der Waals surface area contributed by atoms with E-state index in [2.05, 4.69) is 11.8 Å². The van der Waals surface area contributed by atoms with Gasteiger partial charge in [-0.15, -0.1) is 12.4 Å². The molecule has 3 atom stereocenters. The minimum atomic E-state index is -0.170. The van der Waals surface area contributed by atoms with E-state index < -0.39 is 0 Å². The van der Waals surface area contributed by atoms with E-state index >= 15 is 0 Å². The molecule has 0 spiro atoms. The topological polar surface area (TPSA) is 75.9 Å². The number of ether oxygens (including phenoxy) is 1. The van der Waals surface area contributed by atoms with Crippen LogP contribution in [0.1, 0.15) is 45.4 Å². The summed E-state index contributed by atoms with van der Waals surface area (Å²) in [5, 5.41) is 0. The summed E-state index contributed by atoms with van der Waals surface area (Å²) in [4.78, 5) is 28.8. The number of hydrogen-bond acceptors (Lipinski definition) is 5. The Kier molecular flexibility index (Phi) is 7.74. The van der Waals surface area contributed by atoms with Gasteiger partial charge in [-0.3, -0.25) is 14.5 Å². The molecule has 2 saturated carbocycles. The van der Waals surface area contributed by atoms with Crippen LogP contribution in [0.2, 0.25) is 0 Å². The van der Waals surface area contributed by atoms with E-state index in [-0.39, 0.29) is 30.3 Å². The number of methoxy groups -OCH3 is 1. The van der Waals surface area contributed by atoms with Gasteiger partial charge in [-0.05, 0) is 44.4 Å². The zero-order chi connectivity index (χ0) is 18.0. The molecule has 1 aliphatic heterocycles. The highest BCUT2D eigenvalue weighted by molar-refractivity contribution is 5.85. The molecule has 150 valence electrons. The van der Waals surface area contributed by atoms with Crippen LogP contribution in [0, 0.1) is 17.8 Å². The van der Waals surface area contributed by atoms with Crippen molar-refractivity contribution in [2.24, 2.45) is 23.5 Å². The number of piperazine rings is 1. The van der Waals surface area contributed by atoms with Gasteiger partial charge in [0.15, 0.2) is 0 Å². The van der Waals surface area contributed by atoms with Crippen molar-refractivity contribution in [3.63, 3.8) is 0 Å². The third-order valence-corrected chi connectivity index (χ3v) is 6.70. The highest BCUT2D eigenvalue weighted by Gasteiger charge is 2.42. The monoisotopic (exact) mass is 387 g/mol. The number of rotatable bonds is 4. The maximum absolute atomic E-state index is 13.0. The van der Waals surface area contributed by atoms with Gasteiger partial charge in [0.05, 0.1) is 13.5 Å². The first-order valence-corrected chi connectivity index (χ1v) is 9.84. The Morgan fingerprint density at radius 3 is 2.23 bits per heavy atom. The van der Waals surface area contributed by atoms with Gasteiger partial charge >= 0.3 is 5.97 Å². The SMILES string of the molecule is COC(=O)CC(C)N1CCN(C(=O)C2CC3CCCC(C2)C3N)CC1.Cl. The molecular formula is C19H34ClN3O3. The first-order valence-electron chi connectivity index (χ1n) is 9.84. The van der Waals surface area contributed by atoms with Gasteiger partial charge in [0, 0.05) is 44.2 Å². The first kappa shape index (κ1) is 21.5. The Bertz CT molecular complexity index is 482. The zero-order valence-electron chi connectivity index (χ0n) is 16.1. The van der Waals surface area contributed by atoms with E-state index in [1.807, 2.05) is 4.90 Å². The smallest absolute Gasteiger partial charge is 0.307 e. The van der Waals surface area contributed by atoms with Crippen molar-refractivity contribution in [1.82, 2.24) is 9.80 Å². The molecule has 2 N–H and O–H groups in total. The lowest BCUT2D eigenvalue weighted by Crippen LogP contribution is -2.55. The Morgan fingerprint density at radius 1 is 1.12 bits per heavy atom. The second-order valence-electron chi connectivity index (χ2n) is 8.19. The molecule has 1 saturated heterocycles. The fraction of sp³-hybridized carbons (Fsp3) is 0.895. The summed E-state index contributed by atoms with van der Waals surface area (Å²) >= 11 is 0. The van der Waals surface area contributed by atoms with Crippen LogP contribution in [0.15, 0.2) is 0 Å². The summed E-state index contributed by atoms with van der Waals surface area (Å²) in [6.07, 6.45) is 6.04. The van der Waals surface area contributed by atoms with Crippen LogP contribution < -0.4 is 5.73 Å². The van der Waals surface area contributed by atoms with Gasteiger partial charge in [-0.25, -0.2) is 0 Å². The lowest BCUT2D eigenvalue weighted by Gasteiger charge is -2.45. The lowest BCUT2D eigenvalue weighted by atomic mass is 9.65. The molecule has 0 radical (unpaired) electrons. The van der Waals surface area contributed by atoms with Gasteiger partial charge in [-0.2, -0.15) is 0 Å². The summed E-state index contributed by atoms with van der Waals surface area (Å²) < 4.78 is 4.75. The molecule has 7 heteroatoms. The number of nitrogens with two attached hydrogens (primary N) is 1. The molecule has 6 nitrogen and oxygen atoms in total. The number of carbonyl (C=O) groups is 2. The average molecular weight is 388 g/mol. The van der Waals surface area contributed by atoms with Gasteiger partial charge in [-0.1, -0.05) is 6.42 Å². The molecule has 2 aliphatic carbocycles. The van der Waals surface area contributed by atoms with Crippen LogP contribution in [0.5, 0.6) is 0 Å². The maximum Gasteiger partial charge on any atom is 0.307 e. The zero-order valence-corrected chi connectivity index (χ0v) is 16.9. The van der Waals surface area contributed by atoms with Gasteiger partial charge in [0.2, 0.25) is 5.91 Å². The molecule has 0 aromatic heterocycles. The fourth-order valence-corrected chi connectivity index (χ4v) is 5.09. The molecule has 3 aliphatic rings. The Morgan fingerprint density at radius 2 is 1.69 bits per heavy atom. The minimum absolute atomic E-state index is 0. The van der Waals surface area contributed by atoms with Crippen molar-refractivity contribution in [2.75, 3.05) is 33.3 Å². The summed E-state index contributed by atoms with van der Waals surface area (Å²) in [6.45, 7) is 5.26. The van der Waals surface area contributed by atoms with E-state index in [4.69, 9.17) is 10.5 Å². The van der Waals surface area contributed by atoms with Gasteiger partial charge in [0.25, 0.3) is 0 Å². The van der Waals surface area contributed by atoms with Crippen LogP contribution in [0.4, 0.5) is 0 Å². The first-order chi connectivity index (χ1) is 12.0. The van der Waals surface area contributed by atoms with Crippen LogP contribution in [0.3, 0.4) is 0 Å². The summed E-state index contributed by atoms with van der Waals surface area (Å²) in [5.41, 5.74) is 6.36. The lowest BCUT2D eigenvalue weighted by molar-refractivity contribution is -0.144. The van der Waals surface area contributed by atoms with Gasteiger partial charge < -0.3 is 15.4 Å². The summed E-state index contributed by atoms with van der Waals surface area (Å²) in [6, 6.07) is 0.477. The highest BCUT2D eigenvalue weighted by Crippen LogP contribution is 2.42. The normalized spacial score (nSPS) is 33.1. The van der Waals surface area contributed by atoms with Crippen molar-refractivity contribution in [1.29, 1.82) is 0 Å². The van der Waals surface area contributed by atoms with E-state index in [0.29, 0.717) is 30.2 Å². The number of halogens is 1. The van der Waals surface area contributed by atoms with Crippen molar-refractivity contribution < 1.29 is 14.3 Å². The quantitative estimate of drug-likeness (QED) is 0.742. The van der Waals surface area contributed by atoms with Crippen LogP contribution in [-0.2, 0) is 14.3 Å². The second-order valence-corrected chi connectivity index (χ2v) is 8.19. The van der Waals surface area contributed by atoms with E-state index in [1.165, 1.54) is 26.4 Å². The van der Waals surface area contributed by atoms with Crippen LogP contribution >= 0.6 is 12.4 Å². The highest BCUT2D eigenvalue weighted by atomic mass is 35.5. The molecule has 26 heavy (non-hydrogen) atoms.